The zero-order valence-electron chi connectivity index (χ0n) is 16.1. The Kier molecular flexibility index (Phi) is 5.23. The summed E-state index contributed by atoms with van der Waals surface area (Å²) in [5, 5.41) is 11.9. The highest BCUT2D eigenvalue weighted by Gasteiger charge is 2.25. The average molecular weight is 399 g/mol. The van der Waals surface area contributed by atoms with Gasteiger partial charge in [0.15, 0.2) is 0 Å². The maximum absolute atomic E-state index is 12.9. The van der Waals surface area contributed by atoms with Crippen LogP contribution in [-0.4, -0.2) is 17.3 Å². The standard InChI is InChI=1S/C21H26N4O2S/c1-23-13-14-8-10-17(11-9-14)28(22,27)25-21(26)24-20-18-6-2-4-15(18)12-16-5-3-7-19(16)20/h8-12,23H,2-7,13H2,1H3,(H3,22,24,25,26,27)/t28-/m0/s1. The van der Waals surface area contributed by atoms with Crippen molar-refractivity contribution in [2.24, 2.45) is 9.50 Å². The quantitative estimate of drug-likeness (QED) is 0.737. The average Bonchev–Trinajstić information content (AvgIpc) is 3.31. The van der Waals surface area contributed by atoms with Gasteiger partial charge >= 0.3 is 6.03 Å². The van der Waals surface area contributed by atoms with Crippen molar-refractivity contribution in [2.45, 2.75) is 50.0 Å². The van der Waals surface area contributed by atoms with Crippen molar-refractivity contribution < 1.29 is 9.00 Å². The number of fused-ring (bicyclic) bond motifs is 2. The van der Waals surface area contributed by atoms with E-state index in [2.05, 4.69) is 21.1 Å². The third-order valence-electron chi connectivity index (χ3n) is 5.57. The number of nitrogens with one attached hydrogen (secondary N) is 2. The first-order chi connectivity index (χ1) is 13.5. The minimum atomic E-state index is -3.30. The molecule has 0 bridgehead atoms. The first kappa shape index (κ1) is 19.1. The number of anilines is 1. The summed E-state index contributed by atoms with van der Waals surface area (Å²) in [7, 11) is -1.44. The van der Waals surface area contributed by atoms with Crippen LogP contribution in [0.25, 0.3) is 0 Å². The summed E-state index contributed by atoms with van der Waals surface area (Å²) >= 11 is 0. The van der Waals surface area contributed by atoms with Gasteiger partial charge in [-0.05, 0) is 85.5 Å². The smallest absolute Gasteiger partial charge is 0.316 e. The van der Waals surface area contributed by atoms with Gasteiger partial charge in [0.05, 0.1) is 4.90 Å². The summed E-state index contributed by atoms with van der Waals surface area (Å²) in [6.07, 6.45) is 6.23. The van der Waals surface area contributed by atoms with Crippen LogP contribution in [0.4, 0.5) is 10.5 Å². The molecule has 2 amide bonds. The summed E-state index contributed by atoms with van der Waals surface area (Å²) in [4.78, 5) is 13.0. The van der Waals surface area contributed by atoms with Crippen molar-refractivity contribution in [1.82, 2.24) is 5.32 Å². The summed E-state index contributed by atoms with van der Waals surface area (Å²) < 4.78 is 16.7. The molecule has 0 fully saturated rings. The highest BCUT2D eigenvalue weighted by Crippen LogP contribution is 2.38. The predicted molar refractivity (Wildman–Crippen MR) is 112 cm³/mol. The van der Waals surface area contributed by atoms with Crippen LogP contribution < -0.4 is 15.8 Å². The summed E-state index contributed by atoms with van der Waals surface area (Å²) in [6, 6.07) is 8.68. The van der Waals surface area contributed by atoms with Crippen molar-refractivity contribution in [2.75, 3.05) is 12.4 Å². The monoisotopic (exact) mass is 398 g/mol. The van der Waals surface area contributed by atoms with Gasteiger partial charge in [-0.1, -0.05) is 18.2 Å². The largest absolute Gasteiger partial charge is 0.354 e. The van der Waals surface area contributed by atoms with Crippen molar-refractivity contribution >= 4 is 21.6 Å². The van der Waals surface area contributed by atoms with Crippen LogP contribution in [-0.2, 0) is 42.1 Å². The van der Waals surface area contributed by atoms with Crippen LogP contribution >= 0.6 is 0 Å². The van der Waals surface area contributed by atoms with Gasteiger partial charge in [-0.3, -0.25) is 0 Å². The lowest BCUT2D eigenvalue weighted by Gasteiger charge is -2.15. The van der Waals surface area contributed by atoms with E-state index < -0.39 is 15.9 Å². The number of hydrogen-bond donors (Lipinski definition) is 3. The van der Waals surface area contributed by atoms with Gasteiger partial charge in [0, 0.05) is 12.2 Å². The fourth-order valence-corrected chi connectivity index (χ4v) is 5.20. The number of carbonyl (C=O) groups excluding carboxylic acids is 1. The fourth-order valence-electron chi connectivity index (χ4n) is 4.28. The van der Waals surface area contributed by atoms with E-state index in [4.69, 9.17) is 5.14 Å². The van der Waals surface area contributed by atoms with E-state index in [0.29, 0.717) is 11.4 Å². The Morgan fingerprint density at radius 2 is 1.68 bits per heavy atom. The van der Waals surface area contributed by atoms with Gasteiger partial charge in [0.1, 0.15) is 9.92 Å². The minimum absolute atomic E-state index is 0.353. The van der Waals surface area contributed by atoms with E-state index in [0.717, 1.165) is 49.8 Å². The number of urea groups is 1. The Balaban J connectivity index is 1.62. The minimum Gasteiger partial charge on any atom is -0.316 e. The molecule has 0 unspecified atom stereocenters. The number of carbonyl (C=O) groups is 1. The third kappa shape index (κ3) is 3.70. The zero-order chi connectivity index (χ0) is 19.7. The summed E-state index contributed by atoms with van der Waals surface area (Å²) in [6.45, 7) is 0.702. The van der Waals surface area contributed by atoms with Crippen molar-refractivity contribution in [3.8, 4) is 0 Å². The molecule has 0 spiro atoms. The van der Waals surface area contributed by atoms with Crippen LogP contribution in [0, 0.1) is 0 Å². The van der Waals surface area contributed by atoms with Crippen LogP contribution in [0.2, 0.25) is 0 Å². The van der Waals surface area contributed by atoms with Gasteiger partial charge < -0.3 is 10.6 Å². The van der Waals surface area contributed by atoms with E-state index in [1.165, 1.54) is 22.3 Å². The van der Waals surface area contributed by atoms with Gasteiger partial charge in [-0.25, -0.2) is 14.1 Å². The molecule has 0 aromatic heterocycles. The van der Waals surface area contributed by atoms with Crippen molar-refractivity contribution in [3.05, 3.63) is 58.1 Å². The number of nitrogens with two attached hydrogens (primary N) is 1. The molecule has 148 valence electrons. The topological polar surface area (TPSA) is 96.6 Å². The second kappa shape index (κ2) is 7.66. The van der Waals surface area contributed by atoms with Gasteiger partial charge in [0.25, 0.3) is 0 Å². The Labute approximate surface area is 166 Å². The summed E-state index contributed by atoms with van der Waals surface area (Å²) in [5.74, 6) is 0. The number of hydrogen-bond acceptors (Lipinski definition) is 3. The Morgan fingerprint density at radius 3 is 2.25 bits per heavy atom. The zero-order valence-corrected chi connectivity index (χ0v) is 16.9. The predicted octanol–water partition coefficient (Wildman–Crippen LogP) is 3.32. The summed E-state index contributed by atoms with van der Waals surface area (Å²) in [5.41, 5.74) is 7.00. The molecule has 2 aliphatic carbocycles. The lowest BCUT2D eigenvalue weighted by Crippen LogP contribution is -2.19. The van der Waals surface area contributed by atoms with Crippen LogP contribution in [0.1, 0.15) is 40.7 Å². The second-order valence-corrected chi connectivity index (χ2v) is 9.29. The molecule has 4 rings (SSSR count). The van der Waals surface area contributed by atoms with Gasteiger partial charge in [-0.2, -0.15) is 0 Å². The molecule has 0 radical (unpaired) electrons. The molecule has 4 N–H and O–H groups in total. The lowest BCUT2D eigenvalue weighted by molar-refractivity contribution is 0.260. The molecule has 2 aliphatic rings. The molecule has 2 aromatic rings. The second-order valence-electron chi connectivity index (χ2n) is 7.50. The molecule has 0 saturated heterocycles. The first-order valence-electron chi connectivity index (χ1n) is 9.74. The molecular formula is C21H26N4O2S. The maximum Gasteiger partial charge on any atom is 0.354 e. The Bertz CT molecular complexity index is 1010. The Morgan fingerprint density at radius 1 is 1.07 bits per heavy atom. The molecule has 0 saturated carbocycles. The Hall–Kier alpha value is -2.22. The number of amides is 2. The normalized spacial score (nSPS) is 16.9. The number of nitrogens with zero attached hydrogens (tertiary/aromatic N) is 1. The van der Waals surface area contributed by atoms with Crippen LogP contribution in [0.5, 0.6) is 0 Å². The van der Waals surface area contributed by atoms with E-state index in [1.807, 2.05) is 19.2 Å². The molecule has 0 aliphatic heterocycles. The van der Waals surface area contributed by atoms with E-state index in [1.54, 1.807) is 12.1 Å². The number of rotatable bonds is 4. The SMILES string of the molecule is CNCc1ccc([S@@](N)(=O)=NC(=O)Nc2c3c(cc4c2CCC4)CCC3)cc1. The third-order valence-corrected chi connectivity index (χ3v) is 6.95. The van der Waals surface area contributed by atoms with Crippen LogP contribution in [0.15, 0.2) is 39.6 Å². The maximum atomic E-state index is 12.9. The number of aryl methyl sites for hydroxylation is 2. The highest BCUT2D eigenvalue weighted by molar-refractivity contribution is 7.91. The van der Waals surface area contributed by atoms with Crippen molar-refractivity contribution in [3.63, 3.8) is 0 Å². The van der Waals surface area contributed by atoms with Gasteiger partial charge in [-0.15, -0.1) is 4.36 Å². The molecule has 1 atom stereocenters. The van der Waals surface area contributed by atoms with E-state index >= 15 is 0 Å². The number of benzene rings is 2. The fraction of sp³-hybridized carbons (Fsp3) is 0.381. The molecular weight excluding hydrogens is 372 g/mol. The molecule has 28 heavy (non-hydrogen) atoms. The molecule has 6 nitrogen and oxygen atoms in total. The lowest BCUT2D eigenvalue weighted by atomic mass is 9.99. The van der Waals surface area contributed by atoms with Crippen LogP contribution in [0.3, 0.4) is 0 Å². The van der Waals surface area contributed by atoms with E-state index in [9.17, 15) is 9.00 Å². The van der Waals surface area contributed by atoms with Crippen molar-refractivity contribution in [1.29, 1.82) is 0 Å². The highest BCUT2D eigenvalue weighted by atomic mass is 32.2. The molecule has 0 heterocycles. The molecule has 7 heteroatoms. The molecule has 2 aromatic carbocycles. The van der Waals surface area contributed by atoms with Gasteiger partial charge in [0.2, 0.25) is 0 Å². The van der Waals surface area contributed by atoms with E-state index in [-0.39, 0.29) is 0 Å². The first-order valence-corrected chi connectivity index (χ1v) is 11.3.